The zero-order valence-electron chi connectivity index (χ0n) is 9.62. The molecule has 14 heavy (non-hydrogen) atoms. The van der Waals surface area contributed by atoms with Crippen LogP contribution in [0.3, 0.4) is 0 Å². The first-order valence-electron chi connectivity index (χ1n) is 5.49. The van der Waals surface area contributed by atoms with Crippen LogP contribution in [-0.4, -0.2) is 48.5 Å². The molecule has 3 nitrogen and oxygen atoms in total. The van der Waals surface area contributed by atoms with Crippen molar-refractivity contribution in [1.29, 1.82) is 0 Å². The van der Waals surface area contributed by atoms with Crippen LogP contribution in [0.5, 0.6) is 0 Å². The van der Waals surface area contributed by atoms with Crippen LogP contribution in [0.1, 0.15) is 33.1 Å². The van der Waals surface area contributed by atoms with Crippen molar-refractivity contribution in [3.63, 3.8) is 0 Å². The van der Waals surface area contributed by atoms with E-state index in [2.05, 4.69) is 4.90 Å². The van der Waals surface area contributed by atoms with Gasteiger partial charge in [0.2, 0.25) is 0 Å². The van der Waals surface area contributed by atoms with Crippen molar-refractivity contribution in [2.24, 2.45) is 0 Å². The number of methoxy groups -OCH3 is 1. The maximum Gasteiger partial charge on any atom is 0.0603 e. The monoisotopic (exact) mass is 201 g/mol. The van der Waals surface area contributed by atoms with Crippen LogP contribution >= 0.6 is 0 Å². The van der Waals surface area contributed by atoms with Crippen molar-refractivity contribution >= 4 is 0 Å². The second-order valence-corrected chi connectivity index (χ2v) is 4.84. The number of hydrogen-bond acceptors (Lipinski definition) is 3. The van der Waals surface area contributed by atoms with E-state index in [0.29, 0.717) is 6.10 Å². The standard InChI is InChI=1S/C11H23NO2/c1-11(2,13)6-9-12-7-4-10(14-3)5-8-12/h10,13H,4-9H2,1-3H3. The first-order chi connectivity index (χ1) is 6.51. The Bertz CT molecular complexity index is 157. The Morgan fingerprint density at radius 2 is 1.93 bits per heavy atom. The number of rotatable bonds is 4. The van der Waals surface area contributed by atoms with Gasteiger partial charge in [0.15, 0.2) is 0 Å². The summed E-state index contributed by atoms with van der Waals surface area (Å²) in [6.45, 7) is 6.95. The molecule has 0 radical (unpaired) electrons. The van der Waals surface area contributed by atoms with E-state index in [1.54, 1.807) is 7.11 Å². The van der Waals surface area contributed by atoms with Gasteiger partial charge >= 0.3 is 0 Å². The predicted molar refractivity (Wildman–Crippen MR) is 57.4 cm³/mol. The van der Waals surface area contributed by atoms with E-state index in [0.717, 1.165) is 38.9 Å². The zero-order valence-corrected chi connectivity index (χ0v) is 9.62. The smallest absolute Gasteiger partial charge is 0.0603 e. The highest BCUT2D eigenvalue weighted by molar-refractivity contribution is 4.75. The minimum absolute atomic E-state index is 0.452. The minimum Gasteiger partial charge on any atom is -0.390 e. The largest absolute Gasteiger partial charge is 0.390 e. The Morgan fingerprint density at radius 3 is 2.36 bits per heavy atom. The van der Waals surface area contributed by atoms with Crippen LogP contribution in [0.15, 0.2) is 0 Å². The fraction of sp³-hybridized carbons (Fsp3) is 1.00. The molecule has 0 aromatic carbocycles. The molecule has 1 fully saturated rings. The first kappa shape index (κ1) is 12.0. The van der Waals surface area contributed by atoms with Gasteiger partial charge in [0.25, 0.3) is 0 Å². The molecule has 1 heterocycles. The Labute approximate surface area is 87.1 Å². The molecular formula is C11H23NO2. The average molecular weight is 201 g/mol. The highest BCUT2D eigenvalue weighted by Crippen LogP contribution is 2.15. The highest BCUT2D eigenvalue weighted by atomic mass is 16.5. The summed E-state index contributed by atoms with van der Waals surface area (Å²) < 4.78 is 5.31. The van der Waals surface area contributed by atoms with E-state index in [-0.39, 0.29) is 0 Å². The van der Waals surface area contributed by atoms with Crippen LogP contribution in [-0.2, 0) is 4.74 Å². The van der Waals surface area contributed by atoms with E-state index in [9.17, 15) is 5.11 Å². The van der Waals surface area contributed by atoms with Gasteiger partial charge in [-0.3, -0.25) is 0 Å². The van der Waals surface area contributed by atoms with E-state index >= 15 is 0 Å². The Kier molecular flexibility index (Phi) is 4.35. The minimum atomic E-state index is -0.530. The number of hydrogen-bond donors (Lipinski definition) is 1. The fourth-order valence-corrected chi connectivity index (χ4v) is 1.80. The second kappa shape index (κ2) is 5.10. The van der Waals surface area contributed by atoms with Crippen LogP contribution < -0.4 is 0 Å². The molecule has 0 bridgehead atoms. The van der Waals surface area contributed by atoms with E-state index in [4.69, 9.17) is 4.74 Å². The lowest BCUT2D eigenvalue weighted by Crippen LogP contribution is -2.39. The van der Waals surface area contributed by atoms with Crippen LogP contribution in [0.25, 0.3) is 0 Å². The number of piperidine rings is 1. The molecule has 1 aliphatic heterocycles. The Balaban J connectivity index is 2.16. The third-order valence-electron chi connectivity index (χ3n) is 2.91. The number of nitrogens with zero attached hydrogens (tertiary/aromatic N) is 1. The third-order valence-corrected chi connectivity index (χ3v) is 2.91. The lowest BCUT2D eigenvalue weighted by atomic mass is 10.0. The summed E-state index contributed by atoms with van der Waals surface area (Å²) in [4.78, 5) is 2.41. The van der Waals surface area contributed by atoms with Gasteiger partial charge < -0.3 is 14.7 Å². The number of ether oxygens (including phenoxy) is 1. The van der Waals surface area contributed by atoms with Crippen LogP contribution in [0.2, 0.25) is 0 Å². The van der Waals surface area contributed by atoms with Crippen molar-refractivity contribution in [3.05, 3.63) is 0 Å². The summed E-state index contributed by atoms with van der Waals surface area (Å²) in [5, 5.41) is 9.60. The molecule has 1 aliphatic rings. The number of likely N-dealkylation sites (tertiary alicyclic amines) is 1. The van der Waals surface area contributed by atoms with E-state index in [1.807, 2.05) is 13.8 Å². The van der Waals surface area contributed by atoms with Gasteiger partial charge in [-0.1, -0.05) is 0 Å². The zero-order chi connectivity index (χ0) is 10.6. The van der Waals surface area contributed by atoms with Gasteiger partial charge in [-0.25, -0.2) is 0 Å². The maximum atomic E-state index is 9.60. The molecular weight excluding hydrogens is 178 g/mol. The molecule has 1 rings (SSSR count). The Morgan fingerprint density at radius 1 is 1.36 bits per heavy atom. The third kappa shape index (κ3) is 4.40. The molecule has 0 atom stereocenters. The maximum absolute atomic E-state index is 9.60. The molecule has 1 N–H and O–H groups in total. The van der Waals surface area contributed by atoms with Gasteiger partial charge in [0.05, 0.1) is 11.7 Å². The van der Waals surface area contributed by atoms with Gasteiger partial charge in [0.1, 0.15) is 0 Å². The summed E-state index contributed by atoms with van der Waals surface area (Å²) >= 11 is 0. The predicted octanol–water partition coefficient (Wildman–Crippen LogP) is 1.26. The topological polar surface area (TPSA) is 32.7 Å². The van der Waals surface area contributed by atoms with Gasteiger partial charge in [0, 0.05) is 26.7 Å². The molecule has 0 saturated carbocycles. The summed E-state index contributed by atoms with van der Waals surface area (Å²) in [7, 11) is 1.79. The molecule has 0 amide bonds. The van der Waals surface area contributed by atoms with Crippen molar-refractivity contribution in [2.45, 2.75) is 44.8 Å². The molecule has 0 unspecified atom stereocenters. The molecule has 1 saturated heterocycles. The van der Waals surface area contributed by atoms with Crippen molar-refractivity contribution in [1.82, 2.24) is 4.90 Å². The Hall–Kier alpha value is -0.120. The highest BCUT2D eigenvalue weighted by Gasteiger charge is 2.20. The quantitative estimate of drug-likeness (QED) is 0.743. The summed E-state index contributed by atoms with van der Waals surface area (Å²) in [6, 6.07) is 0. The van der Waals surface area contributed by atoms with Crippen LogP contribution in [0, 0.1) is 0 Å². The average Bonchev–Trinajstić information content (AvgIpc) is 2.14. The molecule has 0 spiro atoms. The normalized spacial score (nSPS) is 21.4. The van der Waals surface area contributed by atoms with Crippen LogP contribution in [0.4, 0.5) is 0 Å². The van der Waals surface area contributed by atoms with Crippen molar-refractivity contribution < 1.29 is 9.84 Å². The second-order valence-electron chi connectivity index (χ2n) is 4.84. The van der Waals surface area contributed by atoms with Crippen molar-refractivity contribution in [2.75, 3.05) is 26.7 Å². The van der Waals surface area contributed by atoms with Gasteiger partial charge in [-0.15, -0.1) is 0 Å². The molecule has 0 aliphatic carbocycles. The first-order valence-corrected chi connectivity index (χ1v) is 5.49. The van der Waals surface area contributed by atoms with Crippen molar-refractivity contribution in [3.8, 4) is 0 Å². The van der Waals surface area contributed by atoms with E-state index < -0.39 is 5.60 Å². The van der Waals surface area contributed by atoms with Gasteiger partial charge in [-0.2, -0.15) is 0 Å². The molecule has 0 aromatic rings. The van der Waals surface area contributed by atoms with Gasteiger partial charge in [-0.05, 0) is 33.1 Å². The lowest BCUT2D eigenvalue weighted by Gasteiger charge is -2.32. The van der Waals surface area contributed by atoms with E-state index in [1.165, 1.54) is 0 Å². The molecule has 84 valence electrons. The summed E-state index contributed by atoms with van der Waals surface area (Å²) in [5.74, 6) is 0. The lowest BCUT2D eigenvalue weighted by molar-refractivity contribution is 0.0232. The molecule has 0 aromatic heterocycles. The molecule has 3 heteroatoms. The summed E-state index contributed by atoms with van der Waals surface area (Å²) in [6.07, 6.45) is 3.56. The number of aliphatic hydroxyl groups is 1. The SMILES string of the molecule is COC1CCN(CCC(C)(C)O)CC1. The fourth-order valence-electron chi connectivity index (χ4n) is 1.80. The summed E-state index contributed by atoms with van der Waals surface area (Å²) in [5.41, 5.74) is -0.530.